The van der Waals surface area contributed by atoms with Gasteiger partial charge in [0, 0.05) is 52.1 Å². The number of hydrogen-bond acceptors (Lipinski definition) is 11. The van der Waals surface area contributed by atoms with Gasteiger partial charge in [0.25, 0.3) is 12.3 Å². The average Bonchev–Trinajstić information content (AvgIpc) is 3.98. The molecule has 1 aromatic carbocycles. The highest BCUT2D eigenvalue weighted by Gasteiger charge is 2.33. The highest BCUT2D eigenvalue weighted by molar-refractivity contribution is 6.08. The van der Waals surface area contributed by atoms with Crippen molar-refractivity contribution in [3.63, 3.8) is 0 Å². The number of benzene rings is 1. The number of nitrogens with one attached hydrogen (secondary N) is 3. The van der Waals surface area contributed by atoms with Gasteiger partial charge < -0.3 is 25.4 Å². The van der Waals surface area contributed by atoms with Crippen LogP contribution in [0.25, 0.3) is 16.7 Å². The van der Waals surface area contributed by atoms with E-state index in [9.17, 15) is 33.1 Å². The second-order valence-electron chi connectivity index (χ2n) is 18.0. The SMILES string of the molecule is Cn1c(=O)n(C2CCC(=O)NC2=O)c2cccc(CCCOC3CCN(CC4CCC(n5cc(NC(=O)c6cnn7ccc(N[C@H]8CCCC[C@H]8O)nc67)c(C(F)F)n5)CC4)CC3)c21. The molecule has 5 aromatic rings. The number of carbonyl (C=O) groups is 3. The van der Waals surface area contributed by atoms with Crippen LogP contribution < -0.4 is 21.6 Å². The first kappa shape index (κ1) is 43.7. The van der Waals surface area contributed by atoms with E-state index in [0.717, 1.165) is 101 Å². The first-order chi connectivity index (χ1) is 31.0. The first-order valence-electron chi connectivity index (χ1n) is 22.8. The van der Waals surface area contributed by atoms with Gasteiger partial charge in [-0.05, 0) is 94.2 Å². The third-order valence-electron chi connectivity index (χ3n) is 13.8. The molecule has 64 heavy (non-hydrogen) atoms. The molecule has 4 fully saturated rings. The van der Waals surface area contributed by atoms with E-state index < -0.39 is 36.1 Å². The van der Waals surface area contributed by atoms with Crippen molar-refractivity contribution in [1.29, 1.82) is 0 Å². The van der Waals surface area contributed by atoms with E-state index in [1.165, 1.54) is 21.5 Å². The van der Waals surface area contributed by atoms with E-state index in [2.05, 4.69) is 36.0 Å². The third-order valence-corrected chi connectivity index (χ3v) is 13.8. The highest BCUT2D eigenvalue weighted by Crippen LogP contribution is 2.36. The summed E-state index contributed by atoms with van der Waals surface area (Å²) in [6.45, 7) is 3.48. The number of alkyl halides is 2. The Morgan fingerprint density at radius 1 is 1.02 bits per heavy atom. The maximum Gasteiger partial charge on any atom is 0.329 e. The lowest BCUT2D eigenvalue weighted by atomic mass is 9.85. The maximum atomic E-state index is 14.3. The van der Waals surface area contributed by atoms with E-state index >= 15 is 0 Å². The number of imidazole rings is 1. The lowest BCUT2D eigenvalue weighted by Crippen LogP contribution is -2.44. The van der Waals surface area contributed by atoms with E-state index in [1.807, 2.05) is 18.2 Å². The Morgan fingerprint density at radius 3 is 2.58 bits per heavy atom. The Morgan fingerprint density at radius 2 is 1.81 bits per heavy atom. The Kier molecular flexibility index (Phi) is 12.9. The second-order valence-corrected chi connectivity index (χ2v) is 18.0. The van der Waals surface area contributed by atoms with Crippen LogP contribution in [0.3, 0.4) is 0 Å². The number of halogens is 2. The molecular weight excluding hydrogens is 829 g/mol. The van der Waals surface area contributed by atoms with E-state index in [-0.39, 0.29) is 53.1 Å². The normalized spacial score (nSPS) is 23.9. The molecule has 3 atom stereocenters. The van der Waals surface area contributed by atoms with Crippen LogP contribution in [0, 0.1) is 5.92 Å². The van der Waals surface area contributed by atoms with Gasteiger partial charge in [-0.25, -0.2) is 23.1 Å². The van der Waals surface area contributed by atoms with Gasteiger partial charge in [0.2, 0.25) is 11.8 Å². The fourth-order valence-corrected chi connectivity index (χ4v) is 10.3. The standard InChI is InChI=1S/C45H57F2N11O6/c1-54-40-28(6-4-9-34(40)58(45(54)63)35-15-16-38(60)52-44(35)62)7-5-23-64-30-17-20-55(21-18-30)25-27-11-13-29(14-12-27)57-26-33(39(53-57)41(46)47)50-43(61)31-24-48-56-22-19-37(51-42(31)56)49-32-8-2-3-10-36(32)59/h4,6,9,19,22,24,26-27,29-30,32,35-36,41,59H,2-3,5,7-8,10-18,20-21,23,25H2,1H3,(H,49,51)(H,50,61)(H,52,60,62)/t27?,29?,32-,35?,36+/m0/s1. The highest BCUT2D eigenvalue weighted by atomic mass is 19.3. The molecule has 2 aliphatic carbocycles. The molecular formula is C45H57F2N11O6. The Bertz CT molecular complexity index is 2550. The van der Waals surface area contributed by atoms with Crippen molar-refractivity contribution < 1.29 is 33.0 Å². The molecule has 4 N–H and O–H groups in total. The number of piperidine rings is 2. The van der Waals surface area contributed by atoms with Crippen LogP contribution >= 0.6 is 0 Å². The van der Waals surface area contributed by atoms with Crippen molar-refractivity contribution in [2.24, 2.45) is 13.0 Å². The van der Waals surface area contributed by atoms with Gasteiger partial charge in [0.05, 0.1) is 47.2 Å². The number of aliphatic hydroxyl groups excluding tert-OH is 1. The molecule has 0 radical (unpaired) electrons. The number of carbonyl (C=O) groups excluding carboxylic acids is 3. The van der Waals surface area contributed by atoms with E-state index in [4.69, 9.17) is 4.74 Å². The summed E-state index contributed by atoms with van der Waals surface area (Å²) in [5, 5.41) is 27.2. The fraction of sp³-hybridized carbons (Fsp3) is 0.578. The Hall–Kier alpha value is -5.53. The molecule has 0 spiro atoms. The summed E-state index contributed by atoms with van der Waals surface area (Å²) in [4.78, 5) is 58.2. The lowest BCUT2D eigenvalue weighted by Gasteiger charge is -2.36. The first-order valence-corrected chi connectivity index (χ1v) is 22.8. The van der Waals surface area contributed by atoms with Gasteiger partial charge in [0.1, 0.15) is 17.4 Å². The number of likely N-dealkylation sites (tertiary alicyclic amines) is 1. The molecule has 2 saturated heterocycles. The molecule has 3 amide bonds. The van der Waals surface area contributed by atoms with Crippen molar-refractivity contribution in [2.45, 2.75) is 127 Å². The smallest absolute Gasteiger partial charge is 0.329 e. The molecule has 9 rings (SSSR count). The van der Waals surface area contributed by atoms with Crippen LogP contribution in [0.15, 0.2) is 47.7 Å². The van der Waals surface area contributed by atoms with Gasteiger partial charge in [-0.1, -0.05) is 25.0 Å². The van der Waals surface area contributed by atoms with Gasteiger partial charge in [0.15, 0.2) is 11.3 Å². The summed E-state index contributed by atoms with van der Waals surface area (Å²) in [7, 11) is 1.72. The van der Waals surface area contributed by atoms with Crippen LogP contribution in [-0.4, -0.2) is 106 Å². The van der Waals surface area contributed by atoms with E-state index in [0.29, 0.717) is 36.7 Å². The summed E-state index contributed by atoms with van der Waals surface area (Å²) in [6.07, 6.45) is 12.3. The molecule has 342 valence electrons. The number of anilines is 2. The molecule has 4 aromatic heterocycles. The minimum Gasteiger partial charge on any atom is -0.391 e. The van der Waals surface area contributed by atoms with Crippen LogP contribution in [-0.2, 0) is 27.8 Å². The molecule has 1 unspecified atom stereocenters. The van der Waals surface area contributed by atoms with Crippen molar-refractivity contribution in [3.05, 3.63) is 70.2 Å². The number of ether oxygens (including phenoxy) is 1. The molecule has 19 heteroatoms. The number of amides is 3. The molecule has 2 saturated carbocycles. The van der Waals surface area contributed by atoms with Gasteiger partial charge in [-0.15, -0.1) is 0 Å². The van der Waals surface area contributed by atoms with Crippen molar-refractivity contribution >= 4 is 45.9 Å². The third kappa shape index (κ3) is 9.19. The molecule has 4 aliphatic rings. The Labute approximate surface area is 368 Å². The van der Waals surface area contributed by atoms with Crippen LogP contribution in [0.4, 0.5) is 20.3 Å². The topological polar surface area (TPSA) is 195 Å². The average molecular weight is 886 g/mol. The maximum absolute atomic E-state index is 14.3. The molecule has 0 bridgehead atoms. The van der Waals surface area contributed by atoms with E-state index in [1.54, 1.807) is 28.6 Å². The lowest BCUT2D eigenvalue weighted by molar-refractivity contribution is -0.135. The molecule has 17 nitrogen and oxygen atoms in total. The zero-order valence-corrected chi connectivity index (χ0v) is 36.1. The number of para-hydroxylation sites is 1. The summed E-state index contributed by atoms with van der Waals surface area (Å²) in [6, 6.07) is 6.59. The van der Waals surface area contributed by atoms with Crippen LogP contribution in [0.2, 0.25) is 0 Å². The minimum absolute atomic E-state index is 0.0304. The number of imide groups is 1. The second kappa shape index (κ2) is 18.9. The predicted molar refractivity (Wildman–Crippen MR) is 233 cm³/mol. The number of hydrogen-bond donors (Lipinski definition) is 4. The zero-order chi connectivity index (χ0) is 44.5. The number of aliphatic hydroxyl groups is 1. The quantitative estimate of drug-likeness (QED) is 0.0835. The number of aryl methyl sites for hydroxylation is 2. The van der Waals surface area contributed by atoms with Gasteiger partial charge in [-0.2, -0.15) is 10.2 Å². The largest absolute Gasteiger partial charge is 0.391 e. The van der Waals surface area contributed by atoms with Crippen LogP contribution in [0.5, 0.6) is 0 Å². The monoisotopic (exact) mass is 885 g/mol. The predicted octanol–water partition coefficient (Wildman–Crippen LogP) is 5.31. The summed E-state index contributed by atoms with van der Waals surface area (Å²) in [5.74, 6) is -0.382. The summed E-state index contributed by atoms with van der Waals surface area (Å²) >= 11 is 0. The van der Waals surface area contributed by atoms with Crippen molar-refractivity contribution in [3.8, 4) is 0 Å². The zero-order valence-electron chi connectivity index (χ0n) is 36.1. The summed E-state index contributed by atoms with van der Waals surface area (Å²) < 4.78 is 41.1. The molecule has 6 heterocycles. The number of aromatic nitrogens is 7. The summed E-state index contributed by atoms with van der Waals surface area (Å²) in [5.41, 5.74) is 2.15. The van der Waals surface area contributed by atoms with Gasteiger partial charge >= 0.3 is 5.69 Å². The number of rotatable bonds is 14. The van der Waals surface area contributed by atoms with Gasteiger partial charge in [-0.3, -0.25) is 33.5 Å². The fourth-order valence-electron chi connectivity index (χ4n) is 10.3. The minimum atomic E-state index is -2.88. The van der Waals surface area contributed by atoms with Crippen molar-refractivity contribution in [2.75, 3.05) is 36.9 Å². The Balaban J connectivity index is 0.728. The number of nitrogens with zero attached hydrogens (tertiary/aromatic N) is 8. The van der Waals surface area contributed by atoms with Crippen LogP contribution in [0.1, 0.15) is 124 Å². The number of fused-ring (bicyclic) bond motifs is 2. The molecule has 2 aliphatic heterocycles. The van der Waals surface area contributed by atoms with Crippen molar-refractivity contribution in [1.82, 2.24) is 43.7 Å².